The van der Waals surface area contributed by atoms with Crippen LogP contribution >= 0.6 is 0 Å². The molecule has 1 aliphatic rings. The van der Waals surface area contributed by atoms with Gasteiger partial charge in [0.05, 0.1) is 37.0 Å². The highest BCUT2D eigenvalue weighted by Crippen LogP contribution is 2.36. The molecule has 16 heteroatoms. The molecule has 5 rings (SSSR count). The highest BCUT2D eigenvalue weighted by Gasteiger charge is 2.46. The third kappa shape index (κ3) is 4.68. The second-order valence-electron chi connectivity index (χ2n) is 9.12. The van der Waals surface area contributed by atoms with Gasteiger partial charge >= 0.3 is 0 Å². The van der Waals surface area contributed by atoms with E-state index in [2.05, 4.69) is 25.7 Å². The number of nitrogens with one attached hydrogen (secondary N) is 1. The maximum Gasteiger partial charge on any atom is 0.285 e. The highest BCUT2D eigenvalue weighted by molar-refractivity contribution is 5.90. The number of piperidine rings is 1. The third-order valence-corrected chi connectivity index (χ3v) is 6.65. The maximum absolute atomic E-state index is 15.3. The summed E-state index contributed by atoms with van der Waals surface area (Å²) < 4.78 is 79.0. The van der Waals surface area contributed by atoms with Crippen molar-refractivity contribution in [1.82, 2.24) is 34.5 Å². The fraction of sp³-hybridized carbons (Fsp3) is 0.435. The van der Waals surface area contributed by atoms with E-state index < -0.39 is 49.3 Å². The van der Waals surface area contributed by atoms with Gasteiger partial charge in [0.2, 0.25) is 17.7 Å². The van der Waals surface area contributed by atoms with Crippen molar-refractivity contribution in [2.45, 2.75) is 37.8 Å². The number of ether oxygens (including phenoxy) is 1. The number of rotatable bonds is 7. The monoisotopic (exact) mass is 554 g/mol. The Morgan fingerprint density at radius 3 is 2.77 bits per heavy atom. The number of aliphatic hydroxyl groups excluding tert-OH is 1. The summed E-state index contributed by atoms with van der Waals surface area (Å²) in [6.07, 6.45) is -1.85. The number of fused-ring (bicyclic) bond motifs is 2. The van der Waals surface area contributed by atoms with Gasteiger partial charge < -0.3 is 20.1 Å². The van der Waals surface area contributed by atoms with Gasteiger partial charge in [-0.1, -0.05) is 11.3 Å². The van der Waals surface area contributed by atoms with Crippen LogP contribution in [0.5, 0.6) is 5.88 Å². The number of hydrogen-bond donors (Lipinski definition) is 2. The van der Waals surface area contributed by atoms with E-state index in [0.29, 0.717) is 5.52 Å². The second kappa shape index (κ2) is 9.91. The Morgan fingerprint density at radius 1 is 1.33 bits per heavy atom. The molecular weight excluding hydrogens is 531 g/mol. The van der Waals surface area contributed by atoms with Crippen LogP contribution in [-0.2, 0) is 4.79 Å². The Morgan fingerprint density at radius 2 is 2.10 bits per heavy atom. The average Bonchev–Trinajstić information content (AvgIpc) is 3.47. The quantitative estimate of drug-likeness (QED) is 0.335. The van der Waals surface area contributed by atoms with Crippen molar-refractivity contribution < 1.29 is 36.6 Å². The molecule has 1 saturated heterocycles. The van der Waals surface area contributed by atoms with Crippen LogP contribution in [0.3, 0.4) is 0 Å². The van der Waals surface area contributed by atoms with E-state index in [1.54, 1.807) is 0 Å². The van der Waals surface area contributed by atoms with Crippen LogP contribution in [0.1, 0.15) is 19.4 Å². The molecule has 1 aliphatic heterocycles. The number of alkyl halides is 4. The molecule has 2 atom stereocenters. The number of amides is 1. The summed E-state index contributed by atoms with van der Waals surface area (Å²) in [5, 5.41) is 23.3. The molecule has 1 amide bonds. The summed E-state index contributed by atoms with van der Waals surface area (Å²) in [4.78, 5) is 16.7. The van der Waals surface area contributed by atoms with Crippen molar-refractivity contribution in [2.24, 2.45) is 0 Å². The van der Waals surface area contributed by atoms with Gasteiger partial charge in [0.25, 0.3) is 12.3 Å². The summed E-state index contributed by atoms with van der Waals surface area (Å²) in [5.74, 6) is -5.32. The number of aromatic nitrogens is 6. The molecular formula is C23H23F5N8O3. The molecule has 0 radical (unpaired) electrons. The SMILES string of the molecule is COc1nc(N[C@@H]2CCN(C(=O)CO)CC2(F)F)nn2cc(F)c(-c3ccc4nnn([C@@H](C)C(F)F)c4c3)c12. The first-order valence-electron chi connectivity index (χ1n) is 11.8. The Balaban J connectivity index is 1.51. The fourth-order valence-corrected chi connectivity index (χ4v) is 4.58. The largest absolute Gasteiger partial charge is 0.479 e. The van der Waals surface area contributed by atoms with Crippen molar-refractivity contribution in [3.8, 4) is 17.0 Å². The van der Waals surface area contributed by atoms with E-state index in [1.807, 2.05) is 0 Å². The summed E-state index contributed by atoms with van der Waals surface area (Å²) >= 11 is 0. The van der Waals surface area contributed by atoms with Crippen molar-refractivity contribution in [1.29, 1.82) is 0 Å². The summed E-state index contributed by atoms with van der Waals surface area (Å²) in [6.45, 7) is -0.511. The molecule has 0 saturated carbocycles. The van der Waals surface area contributed by atoms with E-state index in [9.17, 15) is 22.4 Å². The normalized spacial score (nSPS) is 18.2. The Labute approximate surface area is 217 Å². The van der Waals surface area contributed by atoms with Crippen molar-refractivity contribution in [2.75, 3.05) is 32.1 Å². The number of nitrogens with zero attached hydrogens (tertiary/aromatic N) is 7. The van der Waals surface area contributed by atoms with Gasteiger partial charge in [-0.15, -0.1) is 10.2 Å². The molecule has 208 valence electrons. The summed E-state index contributed by atoms with van der Waals surface area (Å²) in [7, 11) is 1.26. The number of hydrogen-bond acceptors (Lipinski definition) is 8. The van der Waals surface area contributed by atoms with E-state index in [-0.39, 0.29) is 47.0 Å². The zero-order valence-corrected chi connectivity index (χ0v) is 20.7. The minimum Gasteiger partial charge on any atom is -0.479 e. The lowest BCUT2D eigenvalue weighted by atomic mass is 10.0. The molecule has 1 aromatic carbocycles. The maximum atomic E-state index is 15.3. The van der Waals surface area contributed by atoms with Gasteiger partial charge in [0.1, 0.15) is 23.7 Å². The van der Waals surface area contributed by atoms with Crippen molar-refractivity contribution in [3.63, 3.8) is 0 Å². The van der Waals surface area contributed by atoms with Crippen LogP contribution in [0.15, 0.2) is 24.4 Å². The van der Waals surface area contributed by atoms with Gasteiger partial charge in [0, 0.05) is 6.54 Å². The number of carbonyl (C=O) groups is 1. The number of likely N-dealkylation sites (tertiary alicyclic amines) is 1. The van der Waals surface area contributed by atoms with Crippen LogP contribution < -0.4 is 10.1 Å². The lowest BCUT2D eigenvalue weighted by Gasteiger charge is -2.38. The number of anilines is 1. The highest BCUT2D eigenvalue weighted by atomic mass is 19.3. The lowest BCUT2D eigenvalue weighted by molar-refractivity contribution is -0.145. The first kappa shape index (κ1) is 26.5. The van der Waals surface area contributed by atoms with Gasteiger partial charge in [0.15, 0.2) is 5.82 Å². The van der Waals surface area contributed by atoms with E-state index in [4.69, 9.17) is 9.84 Å². The number of aliphatic hydroxyl groups is 1. The zero-order chi connectivity index (χ0) is 28.1. The first-order chi connectivity index (χ1) is 18.5. The zero-order valence-electron chi connectivity index (χ0n) is 20.7. The number of carbonyl (C=O) groups excluding carboxylic acids is 1. The molecule has 4 aromatic rings. The van der Waals surface area contributed by atoms with Crippen LogP contribution in [-0.4, -0.2) is 90.7 Å². The fourth-order valence-electron chi connectivity index (χ4n) is 4.58. The standard InChI is InChI=1S/C23H23F5N8O3/c1-11(20(25)26)36-15-7-12(3-4-14(15)31-33-36)18-13(24)8-35-19(18)21(39-2)30-22(32-35)29-16-5-6-34(17(38)9-37)10-23(16,27)28/h3-4,7-8,11,16,20,37H,5-6,9-10H2,1-2H3,(H,29,32)/t11-,16+/m0/s1. The third-order valence-electron chi connectivity index (χ3n) is 6.65. The Hall–Kier alpha value is -4.08. The van der Waals surface area contributed by atoms with Crippen molar-refractivity contribution in [3.05, 3.63) is 30.2 Å². The first-order valence-corrected chi connectivity index (χ1v) is 11.8. The van der Waals surface area contributed by atoms with E-state index in [1.165, 1.54) is 32.2 Å². The second-order valence-corrected chi connectivity index (χ2v) is 9.12. The average molecular weight is 554 g/mol. The molecule has 11 nitrogen and oxygen atoms in total. The van der Waals surface area contributed by atoms with Gasteiger partial charge in [-0.3, -0.25) is 4.79 Å². The Bertz CT molecular complexity index is 1540. The van der Waals surface area contributed by atoms with E-state index >= 15 is 4.39 Å². The topological polar surface area (TPSA) is 123 Å². The predicted molar refractivity (Wildman–Crippen MR) is 127 cm³/mol. The molecule has 39 heavy (non-hydrogen) atoms. The molecule has 0 aliphatic carbocycles. The smallest absolute Gasteiger partial charge is 0.285 e. The molecule has 0 spiro atoms. The molecule has 4 heterocycles. The van der Waals surface area contributed by atoms with Crippen LogP contribution in [0, 0.1) is 5.82 Å². The number of halogens is 5. The van der Waals surface area contributed by atoms with Gasteiger partial charge in [-0.05, 0) is 31.0 Å². The van der Waals surface area contributed by atoms with Crippen molar-refractivity contribution >= 4 is 28.4 Å². The number of benzene rings is 1. The lowest BCUT2D eigenvalue weighted by Crippen LogP contribution is -2.56. The minimum absolute atomic E-state index is 0.00101. The van der Waals surface area contributed by atoms with E-state index in [0.717, 1.165) is 20.3 Å². The molecule has 0 unspecified atom stereocenters. The molecule has 0 bridgehead atoms. The molecule has 2 N–H and O–H groups in total. The predicted octanol–water partition coefficient (Wildman–Crippen LogP) is 2.76. The summed E-state index contributed by atoms with van der Waals surface area (Å²) in [6, 6.07) is 1.77. The Kier molecular flexibility index (Phi) is 6.74. The van der Waals surface area contributed by atoms with Gasteiger partial charge in [-0.25, -0.2) is 31.1 Å². The van der Waals surface area contributed by atoms with Crippen LogP contribution in [0.25, 0.3) is 27.7 Å². The minimum atomic E-state index is -3.37. The van der Waals surface area contributed by atoms with Crippen LogP contribution in [0.2, 0.25) is 0 Å². The molecule has 1 fully saturated rings. The van der Waals surface area contributed by atoms with Crippen LogP contribution in [0.4, 0.5) is 27.9 Å². The van der Waals surface area contributed by atoms with Gasteiger partial charge in [-0.2, -0.15) is 4.98 Å². The molecule has 3 aromatic heterocycles. The number of methoxy groups -OCH3 is 1. The summed E-state index contributed by atoms with van der Waals surface area (Å²) in [5.41, 5.74) is 0.945.